The SMILES string of the molecule is CCNC(=O)[C@H](C)N(Cc1cccc(C)c1)C(=O)COc1ccc(CC)cc1. The largest absolute Gasteiger partial charge is 0.484 e. The maximum absolute atomic E-state index is 12.9. The Balaban J connectivity index is 2.11. The van der Waals surface area contributed by atoms with E-state index in [9.17, 15) is 9.59 Å². The summed E-state index contributed by atoms with van der Waals surface area (Å²) >= 11 is 0. The van der Waals surface area contributed by atoms with Gasteiger partial charge in [0.1, 0.15) is 11.8 Å². The second kappa shape index (κ2) is 10.5. The van der Waals surface area contributed by atoms with Gasteiger partial charge in [0.05, 0.1) is 0 Å². The van der Waals surface area contributed by atoms with Crippen LogP contribution < -0.4 is 10.1 Å². The molecule has 28 heavy (non-hydrogen) atoms. The van der Waals surface area contributed by atoms with Crippen molar-refractivity contribution in [2.45, 2.75) is 46.7 Å². The number of hydrogen-bond acceptors (Lipinski definition) is 3. The van der Waals surface area contributed by atoms with Gasteiger partial charge in [-0.1, -0.05) is 48.9 Å². The molecule has 0 aromatic heterocycles. The smallest absolute Gasteiger partial charge is 0.261 e. The van der Waals surface area contributed by atoms with Crippen LogP contribution in [0.1, 0.15) is 37.5 Å². The predicted octanol–water partition coefficient (Wildman–Crippen LogP) is 3.49. The third kappa shape index (κ3) is 6.12. The molecule has 1 atom stereocenters. The minimum Gasteiger partial charge on any atom is -0.484 e. The van der Waals surface area contributed by atoms with Crippen LogP contribution >= 0.6 is 0 Å². The Hall–Kier alpha value is -2.82. The molecule has 0 saturated heterocycles. The number of rotatable bonds is 9. The van der Waals surface area contributed by atoms with Crippen LogP contribution in [0.2, 0.25) is 0 Å². The third-order valence-electron chi connectivity index (χ3n) is 4.65. The van der Waals surface area contributed by atoms with E-state index in [1.54, 1.807) is 11.8 Å². The van der Waals surface area contributed by atoms with Crippen molar-refractivity contribution in [3.8, 4) is 5.75 Å². The summed E-state index contributed by atoms with van der Waals surface area (Å²) in [5.41, 5.74) is 3.31. The lowest BCUT2D eigenvalue weighted by atomic mass is 10.1. The molecule has 0 unspecified atom stereocenters. The average molecular weight is 383 g/mol. The minimum absolute atomic E-state index is 0.110. The summed E-state index contributed by atoms with van der Waals surface area (Å²) in [7, 11) is 0. The van der Waals surface area contributed by atoms with Crippen LogP contribution in [0.5, 0.6) is 5.75 Å². The molecule has 2 aromatic rings. The van der Waals surface area contributed by atoms with Crippen LogP contribution in [0.4, 0.5) is 0 Å². The summed E-state index contributed by atoms with van der Waals surface area (Å²) in [5, 5.41) is 2.79. The number of carbonyl (C=O) groups is 2. The first-order valence-corrected chi connectivity index (χ1v) is 9.79. The quantitative estimate of drug-likeness (QED) is 0.722. The van der Waals surface area contributed by atoms with E-state index in [0.29, 0.717) is 18.8 Å². The highest BCUT2D eigenvalue weighted by molar-refractivity contribution is 5.87. The average Bonchev–Trinajstić information content (AvgIpc) is 2.70. The van der Waals surface area contributed by atoms with Crippen LogP contribution in [-0.4, -0.2) is 35.9 Å². The van der Waals surface area contributed by atoms with Crippen molar-refractivity contribution < 1.29 is 14.3 Å². The molecule has 0 aliphatic heterocycles. The zero-order valence-electron chi connectivity index (χ0n) is 17.2. The molecule has 0 radical (unpaired) electrons. The zero-order chi connectivity index (χ0) is 20.5. The summed E-state index contributed by atoms with van der Waals surface area (Å²) < 4.78 is 5.68. The van der Waals surface area contributed by atoms with E-state index in [0.717, 1.165) is 17.5 Å². The zero-order valence-corrected chi connectivity index (χ0v) is 17.2. The van der Waals surface area contributed by atoms with Gasteiger partial charge in [-0.05, 0) is 50.5 Å². The molecule has 0 spiro atoms. The lowest BCUT2D eigenvalue weighted by Crippen LogP contribution is -2.49. The highest BCUT2D eigenvalue weighted by Crippen LogP contribution is 2.15. The maximum Gasteiger partial charge on any atom is 0.261 e. The molecule has 0 heterocycles. The van der Waals surface area contributed by atoms with E-state index in [1.165, 1.54) is 5.56 Å². The number of hydrogen-bond donors (Lipinski definition) is 1. The van der Waals surface area contributed by atoms with E-state index in [2.05, 4.69) is 12.2 Å². The topological polar surface area (TPSA) is 58.6 Å². The lowest BCUT2D eigenvalue weighted by Gasteiger charge is -2.28. The Bertz CT molecular complexity index is 787. The van der Waals surface area contributed by atoms with E-state index >= 15 is 0 Å². The number of nitrogens with zero attached hydrogens (tertiary/aromatic N) is 1. The third-order valence-corrected chi connectivity index (χ3v) is 4.65. The van der Waals surface area contributed by atoms with Crippen LogP contribution in [0.15, 0.2) is 48.5 Å². The molecule has 5 heteroatoms. The monoisotopic (exact) mass is 382 g/mol. The van der Waals surface area contributed by atoms with Gasteiger partial charge in [0.15, 0.2) is 6.61 Å². The molecular formula is C23H30N2O3. The first-order valence-electron chi connectivity index (χ1n) is 9.79. The van der Waals surface area contributed by atoms with Crippen molar-refractivity contribution in [2.75, 3.05) is 13.2 Å². The Morgan fingerprint density at radius 2 is 1.79 bits per heavy atom. The first kappa shape index (κ1) is 21.5. The fourth-order valence-corrected chi connectivity index (χ4v) is 2.96. The summed E-state index contributed by atoms with van der Waals surface area (Å²) in [6.45, 7) is 8.47. The molecule has 2 aromatic carbocycles. The highest BCUT2D eigenvalue weighted by Gasteiger charge is 2.26. The van der Waals surface area contributed by atoms with Gasteiger partial charge >= 0.3 is 0 Å². The predicted molar refractivity (Wildman–Crippen MR) is 111 cm³/mol. The number of likely N-dealkylation sites (N-methyl/N-ethyl adjacent to an activating group) is 1. The Kier molecular flexibility index (Phi) is 8.05. The van der Waals surface area contributed by atoms with E-state index in [4.69, 9.17) is 4.74 Å². The molecule has 0 aliphatic carbocycles. The van der Waals surface area contributed by atoms with Crippen LogP contribution in [0.3, 0.4) is 0 Å². The van der Waals surface area contributed by atoms with Crippen LogP contribution in [0.25, 0.3) is 0 Å². The van der Waals surface area contributed by atoms with E-state index < -0.39 is 6.04 Å². The standard InChI is InChI=1S/C23H30N2O3/c1-5-19-10-12-21(13-11-19)28-16-22(26)25(18(4)23(27)24-6-2)15-20-9-7-8-17(3)14-20/h7-14,18H,5-6,15-16H2,1-4H3,(H,24,27)/t18-/m0/s1. The van der Waals surface area contributed by atoms with Crippen LogP contribution in [0, 0.1) is 6.92 Å². The number of amides is 2. The molecule has 0 fully saturated rings. The number of nitrogens with one attached hydrogen (secondary N) is 1. The van der Waals surface area contributed by atoms with Gasteiger partial charge in [-0.2, -0.15) is 0 Å². The number of aryl methyl sites for hydroxylation is 2. The highest BCUT2D eigenvalue weighted by atomic mass is 16.5. The fraction of sp³-hybridized carbons (Fsp3) is 0.391. The van der Waals surface area contributed by atoms with Gasteiger partial charge < -0.3 is 15.0 Å². The van der Waals surface area contributed by atoms with Gasteiger partial charge in [0.25, 0.3) is 5.91 Å². The first-order chi connectivity index (χ1) is 13.4. The second-order valence-electron chi connectivity index (χ2n) is 6.87. The number of carbonyl (C=O) groups excluding carboxylic acids is 2. The molecule has 0 bridgehead atoms. The normalized spacial score (nSPS) is 11.6. The Morgan fingerprint density at radius 3 is 2.39 bits per heavy atom. The van der Waals surface area contributed by atoms with Crippen molar-refractivity contribution in [1.29, 1.82) is 0 Å². The number of benzene rings is 2. The Labute approximate surface area is 167 Å². The van der Waals surface area contributed by atoms with Crippen molar-refractivity contribution >= 4 is 11.8 Å². The summed E-state index contributed by atoms with van der Waals surface area (Å²) in [6, 6.07) is 15.1. The minimum atomic E-state index is -0.584. The molecule has 2 amide bonds. The molecule has 1 N–H and O–H groups in total. The summed E-state index contributed by atoms with van der Waals surface area (Å²) in [5.74, 6) is 0.252. The summed E-state index contributed by atoms with van der Waals surface area (Å²) in [6.07, 6.45) is 0.952. The van der Waals surface area contributed by atoms with Gasteiger partial charge in [-0.15, -0.1) is 0 Å². The van der Waals surface area contributed by atoms with Gasteiger partial charge in [0, 0.05) is 13.1 Å². The van der Waals surface area contributed by atoms with E-state index in [-0.39, 0.29) is 18.4 Å². The molecule has 150 valence electrons. The van der Waals surface area contributed by atoms with Crippen LogP contribution in [-0.2, 0) is 22.6 Å². The molecule has 2 rings (SSSR count). The van der Waals surface area contributed by atoms with E-state index in [1.807, 2.05) is 62.4 Å². The number of ether oxygens (including phenoxy) is 1. The molecule has 0 saturated carbocycles. The van der Waals surface area contributed by atoms with Crippen molar-refractivity contribution in [2.24, 2.45) is 0 Å². The fourth-order valence-electron chi connectivity index (χ4n) is 2.96. The Morgan fingerprint density at radius 1 is 1.07 bits per heavy atom. The summed E-state index contributed by atoms with van der Waals surface area (Å²) in [4.78, 5) is 26.8. The van der Waals surface area contributed by atoms with Crippen molar-refractivity contribution in [1.82, 2.24) is 10.2 Å². The van der Waals surface area contributed by atoms with Gasteiger partial charge in [-0.3, -0.25) is 9.59 Å². The molecule has 5 nitrogen and oxygen atoms in total. The molecule has 0 aliphatic rings. The van der Waals surface area contributed by atoms with Gasteiger partial charge in [0.2, 0.25) is 5.91 Å². The van der Waals surface area contributed by atoms with Crippen molar-refractivity contribution in [3.63, 3.8) is 0 Å². The van der Waals surface area contributed by atoms with Crippen molar-refractivity contribution in [3.05, 3.63) is 65.2 Å². The van der Waals surface area contributed by atoms with Gasteiger partial charge in [-0.25, -0.2) is 0 Å². The molecular weight excluding hydrogens is 352 g/mol. The maximum atomic E-state index is 12.9. The lowest BCUT2D eigenvalue weighted by molar-refractivity contribution is -0.142. The second-order valence-corrected chi connectivity index (χ2v) is 6.87.